The lowest BCUT2D eigenvalue weighted by Gasteiger charge is -2.26. The maximum atomic E-state index is 13.0. The van der Waals surface area contributed by atoms with Gasteiger partial charge in [0, 0.05) is 12.3 Å². The second-order valence-electron chi connectivity index (χ2n) is 7.90. The van der Waals surface area contributed by atoms with E-state index in [-0.39, 0.29) is 11.8 Å². The monoisotopic (exact) mass is 454 g/mol. The minimum atomic E-state index is -1.02. The number of hydrogen-bond acceptors (Lipinski definition) is 4. The van der Waals surface area contributed by atoms with Crippen LogP contribution in [0.5, 0.6) is 0 Å². The van der Waals surface area contributed by atoms with E-state index >= 15 is 0 Å². The minimum Gasteiger partial charge on any atom is -0.482 e. The number of fused-ring (bicyclic) bond motifs is 1. The molecule has 6 nitrogen and oxygen atoms in total. The van der Waals surface area contributed by atoms with E-state index in [1.165, 1.54) is 0 Å². The van der Waals surface area contributed by atoms with Crippen LogP contribution < -0.4 is 10.4 Å². The molecule has 172 valence electrons. The van der Waals surface area contributed by atoms with Crippen molar-refractivity contribution in [3.8, 4) is 0 Å². The third kappa shape index (κ3) is 5.92. The van der Waals surface area contributed by atoms with Crippen molar-refractivity contribution in [3.63, 3.8) is 0 Å². The Morgan fingerprint density at radius 1 is 0.941 bits per heavy atom. The van der Waals surface area contributed by atoms with Crippen LogP contribution in [0.25, 0.3) is 0 Å². The Morgan fingerprint density at radius 3 is 2.26 bits per heavy atom. The van der Waals surface area contributed by atoms with Gasteiger partial charge in [0.2, 0.25) is 5.91 Å². The van der Waals surface area contributed by atoms with E-state index in [1.807, 2.05) is 91.0 Å². The normalized spacial score (nSPS) is 16.4. The summed E-state index contributed by atoms with van der Waals surface area (Å²) in [7, 11) is 0. The minimum absolute atomic E-state index is 0.0624. The number of rotatable bonds is 9. The number of carbonyl (C=O) groups is 2. The number of aliphatic carboxylic acids is 1. The predicted octanol–water partition coefficient (Wildman–Crippen LogP) is 5.23. The highest BCUT2D eigenvalue weighted by molar-refractivity contribution is 5.80. The molecule has 1 amide bonds. The Labute approximate surface area is 198 Å². The lowest BCUT2D eigenvalue weighted by atomic mass is 9.85. The first-order valence-corrected chi connectivity index (χ1v) is 11.1. The van der Waals surface area contributed by atoms with Crippen LogP contribution in [0.3, 0.4) is 0 Å². The topological polar surface area (TPSA) is 78.9 Å². The molecule has 4 rings (SSSR count). The maximum Gasteiger partial charge on any atom is 0.341 e. The fourth-order valence-electron chi connectivity index (χ4n) is 3.89. The highest BCUT2D eigenvalue weighted by Crippen LogP contribution is 2.32. The molecule has 1 unspecified atom stereocenters. The van der Waals surface area contributed by atoms with Crippen LogP contribution in [-0.2, 0) is 14.3 Å². The molecule has 1 atom stereocenters. The first-order valence-electron chi connectivity index (χ1n) is 11.1. The molecule has 0 saturated heterocycles. The van der Waals surface area contributed by atoms with Crippen LogP contribution in [0.15, 0.2) is 120 Å². The van der Waals surface area contributed by atoms with E-state index in [0.717, 1.165) is 22.5 Å². The molecule has 0 heterocycles. The van der Waals surface area contributed by atoms with Crippen LogP contribution in [0.2, 0.25) is 0 Å². The van der Waals surface area contributed by atoms with Gasteiger partial charge in [-0.2, -0.15) is 0 Å². The van der Waals surface area contributed by atoms with Crippen molar-refractivity contribution >= 4 is 23.3 Å². The van der Waals surface area contributed by atoms with Gasteiger partial charge in [-0.25, -0.2) is 4.79 Å². The number of hydrogen-bond donors (Lipinski definition) is 2. The third-order valence-corrected chi connectivity index (χ3v) is 5.50. The molecule has 0 radical (unpaired) electrons. The highest BCUT2D eigenvalue weighted by Gasteiger charge is 2.21. The van der Waals surface area contributed by atoms with Gasteiger partial charge in [0.05, 0.1) is 11.4 Å². The third-order valence-electron chi connectivity index (χ3n) is 5.50. The average molecular weight is 455 g/mol. The number of amides is 1. The summed E-state index contributed by atoms with van der Waals surface area (Å²) in [6, 6.07) is 19.4. The number of nitrogens with one attached hydrogen (secondary N) is 1. The van der Waals surface area contributed by atoms with Gasteiger partial charge in [-0.05, 0) is 54.0 Å². The van der Waals surface area contributed by atoms with E-state index in [2.05, 4.69) is 11.5 Å². The molecular formula is C28H26N2O4. The Bertz CT molecular complexity index is 1140. The van der Waals surface area contributed by atoms with Crippen molar-refractivity contribution < 1.29 is 19.4 Å². The van der Waals surface area contributed by atoms with Gasteiger partial charge >= 0.3 is 5.97 Å². The number of allylic oxidation sites excluding steroid dienone is 9. The molecule has 0 aliphatic heterocycles. The van der Waals surface area contributed by atoms with Crippen LogP contribution in [-0.4, -0.2) is 23.6 Å². The number of para-hydroxylation sites is 2. The Balaban J connectivity index is 1.41. The highest BCUT2D eigenvalue weighted by atomic mass is 16.5. The van der Waals surface area contributed by atoms with E-state index < -0.39 is 12.6 Å². The van der Waals surface area contributed by atoms with Gasteiger partial charge in [-0.15, -0.1) is 0 Å². The summed E-state index contributed by atoms with van der Waals surface area (Å²) in [6.45, 7) is -0.391. The molecule has 0 saturated carbocycles. The largest absolute Gasteiger partial charge is 0.482 e. The van der Waals surface area contributed by atoms with E-state index in [4.69, 9.17) is 9.84 Å². The summed E-state index contributed by atoms with van der Waals surface area (Å²) in [5.41, 5.74) is 6.82. The fourth-order valence-corrected chi connectivity index (χ4v) is 3.89. The number of anilines is 2. The molecular weight excluding hydrogens is 428 g/mol. The van der Waals surface area contributed by atoms with Crippen LogP contribution in [0, 0.1) is 5.92 Å². The predicted molar refractivity (Wildman–Crippen MR) is 132 cm³/mol. The second kappa shape index (κ2) is 11.0. The molecule has 0 bridgehead atoms. The zero-order valence-corrected chi connectivity index (χ0v) is 18.6. The molecule has 2 aromatic carbocycles. The molecule has 0 aromatic heterocycles. The number of carboxylic acid groups (broad SMARTS) is 1. The number of hydrazine groups is 1. The van der Waals surface area contributed by atoms with Gasteiger partial charge in [0.15, 0.2) is 6.61 Å². The molecule has 6 heteroatoms. The van der Waals surface area contributed by atoms with Crippen molar-refractivity contribution in [2.24, 2.45) is 5.92 Å². The second-order valence-corrected chi connectivity index (χ2v) is 7.90. The lowest BCUT2D eigenvalue weighted by Crippen LogP contribution is -2.39. The maximum absolute atomic E-state index is 13.0. The van der Waals surface area contributed by atoms with Gasteiger partial charge in [0.25, 0.3) is 0 Å². The first-order chi connectivity index (χ1) is 16.6. The fraction of sp³-hybridized carbons (Fsp3) is 0.143. The molecule has 2 aliphatic rings. The number of carbonyl (C=O) groups excluding carboxylic acids is 1. The standard InChI is InChI=1S/C28H26N2O4/c31-27(29-30(23-11-3-1-4-12-23)24-13-5-2-6-14-24)18-17-21-9-7-10-22-19-25(34-20-28(32)33)15-8-16-26(21)22/h1-16,19,21H,17-18,20H2,(H,29,31)(H,32,33). The Kier molecular flexibility index (Phi) is 7.40. The first kappa shape index (κ1) is 22.9. The van der Waals surface area contributed by atoms with Crippen LogP contribution in [0.4, 0.5) is 11.4 Å². The molecule has 2 aromatic rings. The Hall–Kier alpha value is -4.32. The molecule has 0 fully saturated rings. The number of ether oxygens (including phenoxy) is 1. The average Bonchev–Trinajstić information content (AvgIpc) is 3.08. The van der Waals surface area contributed by atoms with E-state index in [1.54, 1.807) is 11.1 Å². The summed E-state index contributed by atoms with van der Waals surface area (Å²) >= 11 is 0. The van der Waals surface area contributed by atoms with Gasteiger partial charge < -0.3 is 9.84 Å². The van der Waals surface area contributed by atoms with Crippen molar-refractivity contribution in [2.45, 2.75) is 12.8 Å². The molecule has 34 heavy (non-hydrogen) atoms. The van der Waals surface area contributed by atoms with Crippen molar-refractivity contribution in [2.75, 3.05) is 11.6 Å². The number of carboxylic acids is 1. The molecule has 0 spiro atoms. The SMILES string of the molecule is O=C(O)COC1=CC2=CC=CC(CCC(=O)NN(c3ccccc3)c3ccccc3)C2=CC=C1. The van der Waals surface area contributed by atoms with E-state index in [0.29, 0.717) is 18.6 Å². The summed E-state index contributed by atoms with van der Waals surface area (Å²) in [4.78, 5) is 23.8. The van der Waals surface area contributed by atoms with Crippen LogP contribution in [0.1, 0.15) is 12.8 Å². The summed E-state index contributed by atoms with van der Waals surface area (Å²) in [5, 5.41) is 10.7. The summed E-state index contributed by atoms with van der Waals surface area (Å²) in [6.07, 6.45) is 14.4. The molecule has 2 aliphatic carbocycles. The quantitative estimate of drug-likeness (QED) is 0.507. The van der Waals surface area contributed by atoms with Crippen molar-refractivity contribution in [1.29, 1.82) is 0 Å². The lowest BCUT2D eigenvalue weighted by molar-refractivity contribution is -0.140. The van der Waals surface area contributed by atoms with Gasteiger partial charge in [0.1, 0.15) is 5.76 Å². The summed E-state index contributed by atoms with van der Waals surface area (Å²) in [5.74, 6) is -0.545. The van der Waals surface area contributed by atoms with Crippen molar-refractivity contribution in [3.05, 3.63) is 120 Å². The van der Waals surface area contributed by atoms with Crippen molar-refractivity contribution in [1.82, 2.24) is 5.43 Å². The summed E-state index contributed by atoms with van der Waals surface area (Å²) < 4.78 is 5.34. The van der Waals surface area contributed by atoms with E-state index in [9.17, 15) is 9.59 Å². The van der Waals surface area contributed by atoms with Crippen LogP contribution >= 0.6 is 0 Å². The van der Waals surface area contributed by atoms with Gasteiger partial charge in [-0.1, -0.05) is 66.8 Å². The zero-order valence-electron chi connectivity index (χ0n) is 18.6. The smallest absolute Gasteiger partial charge is 0.341 e. The number of nitrogens with zero attached hydrogens (tertiary/aromatic N) is 1. The zero-order chi connectivity index (χ0) is 23.8. The van der Waals surface area contributed by atoms with Gasteiger partial charge in [-0.3, -0.25) is 15.2 Å². The molecule has 2 N–H and O–H groups in total. The number of benzene rings is 2. The Morgan fingerprint density at radius 2 is 1.62 bits per heavy atom.